The summed E-state index contributed by atoms with van der Waals surface area (Å²) in [5, 5.41) is 3.24. The number of nitrogens with zero attached hydrogens (tertiary/aromatic N) is 2. The molecule has 3 N–H and O–H groups in total. The summed E-state index contributed by atoms with van der Waals surface area (Å²) in [6, 6.07) is 14.7. The second-order valence-electron chi connectivity index (χ2n) is 8.19. The number of methoxy groups -OCH3 is 3. The predicted molar refractivity (Wildman–Crippen MR) is 144 cm³/mol. The van der Waals surface area contributed by atoms with Gasteiger partial charge in [-0.05, 0) is 74.2 Å². The summed E-state index contributed by atoms with van der Waals surface area (Å²) in [7, 11) is 7.17. The first-order valence-corrected chi connectivity index (χ1v) is 11.1. The quantitative estimate of drug-likeness (QED) is 0.272. The van der Waals surface area contributed by atoms with Crippen LogP contribution in [-0.2, 0) is 6.42 Å². The SMILES string of the molecule is COc1ccc(C2C(CN=C(N)NCCc3ccc(OC)c(OC)c3)CCCN2C)cc1.I. The average Bonchev–Trinajstić information content (AvgIpc) is 2.82. The third-order valence-electron chi connectivity index (χ3n) is 6.13. The van der Waals surface area contributed by atoms with Crippen molar-refractivity contribution in [2.24, 2.45) is 16.6 Å². The van der Waals surface area contributed by atoms with Crippen LogP contribution in [0.15, 0.2) is 47.5 Å². The number of hydrogen-bond donors (Lipinski definition) is 2. The molecule has 0 saturated carbocycles. The molecule has 2 aromatic carbocycles. The number of halogens is 1. The van der Waals surface area contributed by atoms with Crippen molar-refractivity contribution in [3.8, 4) is 17.2 Å². The van der Waals surface area contributed by atoms with Crippen LogP contribution in [0.4, 0.5) is 0 Å². The largest absolute Gasteiger partial charge is 0.497 e. The summed E-state index contributed by atoms with van der Waals surface area (Å²) < 4.78 is 16.0. The Labute approximate surface area is 214 Å². The first kappa shape index (κ1) is 27.0. The van der Waals surface area contributed by atoms with Crippen molar-refractivity contribution in [2.75, 3.05) is 48.0 Å². The van der Waals surface area contributed by atoms with Gasteiger partial charge < -0.3 is 25.3 Å². The first-order valence-electron chi connectivity index (χ1n) is 11.1. The molecule has 182 valence electrons. The van der Waals surface area contributed by atoms with Crippen molar-refractivity contribution in [3.63, 3.8) is 0 Å². The molecule has 0 bridgehead atoms. The first-order chi connectivity index (χ1) is 15.5. The van der Waals surface area contributed by atoms with E-state index in [0.717, 1.165) is 42.2 Å². The Kier molecular flexibility index (Phi) is 11.1. The van der Waals surface area contributed by atoms with Crippen molar-refractivity contribution >= 4 is 29.9 Å². The van der Waals surface area contributed by atoms with Crippen molar-refractivity contribution in [2.45, 2.75) is 25.3 Å². The van der Waals surface area contributed by atoms with E-state index in [0.29, 0.717) is 31.0 Å². The number of nitrogens with one attached hydrogen (secondary N) is 1. The van der Waals surface area contributed by atoms with E-state index in [1.807, 2.05) is 30.3 Å². The predicted octanol–water partition coefficient (Wildman–Crippen LogP) is 3.86. The second-order valence-corrected chi connectivity index (χ2v) is 8.19. The lowest BCUT2D eigenvalue weighted by atomic mass is 9.85. The third-order valence-corrected chi connectivity index (χ3v) is 6.13. The van der Waals surface area contributed by atoms with Crippen molar-refractivity contribution in [1.29, 1.82) is 0 Å². The number of benzene rings is 2. The molecule has 1 heterocycles. The van der Waals surface area contributed by atoms with Crippen LogP contribution >= 0.6 is 24.0 Å². The van der Waals surface area contributed by atoms with E-state index in [1.54, 1.807) is 21.3 Å². The summed E-state index contributed by atoms with van der Waals surface area (Å²) in [6.45, 7) is 2.50. The number of ether oxygens (including phenoxy) is 3. The lowest BCUT2D eigenvalue weighted by molar-refractivity contribution is 0.125. The van der Waals surface area contributed by atoms with Crippen LogP contribution in [0.1, 0.15) is 30.0 Å². The van der Waals surface area contributed by atoms with Gasteiger partial charge in [-0.15, -0.1) is 24.0 Å². The highest BCUT2D eigenvalue weighted by Crippen LogP contribution is 2.35. The van der Waals surface area contributed by atoms with E-state index < -0.39 is 0 Å². The zero-order valence-corrected chi connectivity index (χ0v) is 22.4. The van der Waals surface area contributed by atoms with Gasteiger partial charge in [-0.3, -0.25) is 9.89 Å². The summed E-state index contributed by atoms with van der Waals surface area (Å²) in [5.74, 6) is 3.26. The normalized spacial score (nSPS) is 18.8. The van der Waals surface area contributed by atoms with Crippen LogP contribution in [0.2, 0.25) is 0 Å². The summed E-state index contributed by atoms with van der Waals surface area (Å²) in [4.78, 5) is 7.09. The molecule has 1 aliphatic rings. The summed E-state index contributed by atoms with van der Waals surface area (Å²) in [5.41, 5.74) is 8.63. The maximum Gasteiger partial charge on any atom is 0.188 e. The fourth-order valence-electron chi connectivity index (χ4n) is 4.42. The lowest BCUT2D eigenvalue weighted by Crippen LogP contribution is -2.38. The highest BCUT2D eigenvalue weighted by Gasteiger charge is 2.30. The van der Waals surface area contributed by atoms with Gasteiger partial charge >= 0.3 is 0 Å². The Balaban J connectivity index is 0.00000385. The zero-order valence-electron chi connectivity index (χ0n) is 20.0. The van der Waals surface area contributed by atoms with E-state index in [9.17, 15) is 0 Å². The van der Waals surface area contributed by atoms with E-state index in [1.165, 1.54) is 12.0 Å². The highest BCUT2D eigenvalue weighted by molar-refractivity contribution is 14.0. The molecule has 33 heavy (non-hydrogen) atoms. The van der Waals surface area contributed by atoms with Crippen molar-refractivity contribution in [3.05, 3.63) is 53.6 Å². The number of piperidine rings is 1. The molecule has 0 aliphatic carbocycles. The Morgan fingerprint density at radius 1 is 1.06 bits per heavy atom. The molecule has 7 nitrogen and oxygen atoms in total. The van der Waals surface area contributed by atoms with Crippen LogP contribution < -0.4 is 25.3 Å². The molecule has 0 spiro atoms. The lowest BCUT2D eigenvalue weighted by Gasteiger charge is -2.39. The van der Waals surface area contributed by atoms with Crippen LogP contribution in [0, 0.1) is 5.92 Å². The minimum absolute atomic E-state index is 0. The van der Waals surface area contributed by atoms with Crippen molar-refractivity contribution in [1.82, 2.24) is 10.2 Å². The molecule has 2 atom stereocenters. The van der Waals surface area contributed by atoms with E-state index in [4.69, 9.17) is 19.9 Å². The number of aliphatic imine (C=N–C) groups is 1. The number of guanidine groups is 1. The second kappa shape index (κ2) is 13.5. The molecule has 1 saturated heterocycles. The van der Waals surface area contributed by atoms with Crippen molar-refractivity contribution < 1.29 is 14.2 Å². The van der Waals surface area contributed by atoms with Gasteiger partial charge in [0.05, 0.1) is 21.3 Å². The maximum absolute atomic E-state index is 6.18. The van der Waals surface area contributed by atoms with Gasteiger partial charge in [0.25, 0.3) is 0 Å². The van der Waals surface area contributed by atoms with Gasteiger partial charge in [0.15, 0.2) is 17.5 Å². The van der Waals surface area contributed by atoms with E-state index >= 15 is 0 Å². The molecule has 1 aliphatic heterocycles. The average molecular weight is 569 g/mol. The molecule has 0 amide bonds. The number of rotatable bonds is 9. The van der Waals surface area contributed by atoms with Gasteiger partial charge in [0.2, 0.25) is 0 Å². The summed E-state index contributed by atoms with van der Waals surface area (Å²) in [6.07, 6.45) is 3.14. The number of hydrogen-bond acceptors (Lipinski definition) is 5. The molecule has 2 unspecified atom stereocenters. The number of likely N-dealkylation sites (tertiary alicyclic amines) is 1. The topological polar surface area (TPSA) is 81.3 Å². The van der Waals surface area contributed by atoms with Gasteiger partial charge in [-0.1, -0.05) is 18.2 Å². The molecule has 2 aromatic rings. The van der Waals surface area contributed by atoms with Crippen LogP contribution in [0.25, 0.3) is 0 Å². The van der Waals surface area contributed by atoms with E-state index in [2.05, 4.69) is 34.4 Å². The van der Waals surface area contributed by atoms with Gasteiger partial charge in [0.1, 0.15) is 5.75 Å². The Morgan fingerprint density at radius 3 is 2.45 bits per heavy atom. The molecule has 1 fully saturated rings. The van der Waals surface area contributed by atoms with Crippen LogP contribution in [0.3, 0.4) is 0 Å². The van der Waals surface area contributed by atoms with Gasteiger partial charge in [-0.2, -0.15) is 0 Å². The zero-order chi connectivity index (χ0) is 22.9. The smallest absolute Gasteiger partial charge is 0.188 e. The highest BCUT2D eigenvalue weighted by atomic mass is 127. The third kappa shape index (κ3) is 7.40. The van der Waals surface area contributed by atoms with Gasteiger partial charge in [-0.25, -0.2) is 0 Å². The van der Waals surface area contributed by atoms with Crippen LogP contribution in [0.5, 0.6) is 17.2 Å². The monoisotopic (exact) mass is 568 g/mol. The summed E-state index contributed by atoms with van der Waals surface area (Å²) >= 11 is 0. The Morgan fingerprint density at radius 2 is 1.79 bits per heavy atom. The molecule has 3 rings (SSSR count). The maximum atomic E-state index is 6.18. The molecule has 0 aromatic heterocycles. The van der Waals surface area contributed by atoms with Gasteiger partial charge in [0, 0.05) is 19.1 Å². The molecule has 8 heteroatoms. The minimum atomic E-state index is 0. The Bertz CT molecular complexity index is 892. The molecule has 0 radical (unpaired) electrons. The molecular formula is C25H37IN4O3. The Hall–Kier alpha value is -2.20. The fourth-order valence-corrected chi connectivity index (χ4v) is 4.42. The molecular weight excluding hydrogens is 531 g/mol. The van der Waals surface area contributed by atoms with E-state index in [-0.39, 0.29) is 24.0 Å². The fraction of sp³-hybridized carbons (Fsp3) is 0.480. The van der Waals surface area contributed by atoms with Crippen LogP contribution in [-0.4, -0.2) is 58.9 Å². The minimum Gasteiger partial charge on any atom is -0.497 e. The standard InChI is InChI=1S/C25H36N4O3.HI/c1-29-15-5-6-20(24(29)19-8-10-21(30-2)11-9-19)17-28-25(26)27-14-13-18-7-12-22(31-3)23(16-18)32-4;/h7-12,16,20,24H,5-6,13-15,17H2,1-4H3,(H3,26,27,28);1H. The number of nitrogens with two attached hydrogens (primary N) is 1.